The summed E-state index contributed by atoms with van der Waals surface area (Å²) in [5.41, 5.74) is 0. The second-order valence-electron chi connectivity index (χ2n) is 8.23. The molecule has 0 radical (unpaired) electrons. The molecule has 0 aromatic carbocycles. The van der Waals surface area contributed by atoms with Crippen LogP contribution in [0.4, 0.5) is 0 Å². The second kappa shape index (κ2) is 16.2. The van der Waals surface area contributed by atoms with Crippen molar-refractivity contribution in [2.45, 2.75) is 116 Å². The molecule has 1 aromatic rings. The second-order valence-corrected chi connectivity index (χ2v) is 10.0. The van der Waals surface area contributed by atoms with Gasteiger partial charge in [-0.05, 0) is 19.3 Å². The molecule has 0 atom stereocenters. The molecule has 164 valence electrons. The zero-order valence-electron chi connectivity index (χ0n) is 18.1. The maximum Gasteiger partial charge on any atom is 0.325 e. The van der Waals surface area contributed by atoms with Gasteiger partial charge in [0, 0.05) is 0 Å². The Bertz CT molecular complexity index is 528. The first-order valence-electron chi connectivity index (χ1n) is 11.6. The van der Waals surface area contributed by atoms with Crippen molar-refractivity contribution in [3.05, 3.63) is 18.7 Å². The van der Waals surface area contributed by atoms with Crippen molar-refractivity contribution >= 4 is 7.60 Å². The van der Waals surface area contributed by atoms with E-state index in [4.69, 9.17) is 9.79 Å². The van der Waals surface area contributed by atoms with Crippen molar-refractivity contribution in [3.63, 3.8) is 0 Å². The highest BCUT2D eigenvalue weighted by Crippen LogP contribution is 2.34. The monoisotopic (exact) mass is 415 g/mol. The molecule has 2 N–H and O–H groups in total. The molecule has 0 unspecified atom stereocenters. The SMILES string of the molecule is CCCCCCCCCCCCCCCCn1cc[n+](CCCP(=O)(O)O)c1. The van der Waals surface area contributed by atoms with Crippen molar-refractivity contribution in [3.8, 4) is 0 Å². The number of imidazole rings is 1. The number of unbranched alkanes of at least 4 members (excludes halogenated alkanes) is 13. The standard InChI is InChI=1S/C22H43N2O3P/c1-2-3-4-5-6-7-8-9-10-11-12-13-14-15-17-23-19-20-24(22-23)18-16-21-28(25,26)27/h19-20,22H,2-18,21H2,1H3,(H-,25,26,27)/p+1. The minimum absolute atomic E-state index is 0.0376. The van der Waals surface area contributed by atoms with Crippen LogP contribution in [0.1, 0.15) is 103 Å². The summed E-state index contributed by atoms with van der Waals surface area (Å²) < 4.78 is 15.1. The molecule has 1 aromatic heterocycles. The van der Waals surface area contributed by atoms with Crippen LogP contribution in [0, 0.1) is 0 Å². The fraction of sp³-hybridized carbons (Fsp3) is 0.864. The lowest BCUT2D eigenvalue weighted by Gasteiger charge is -2.03. The smallest absolute Gasteiger partial charge is 0.324 e. The lowest BCUT2D eigenvalue weighted by Crippen LogP contribution is -2.31. The molecule has 28 heavy (non-hydrogen) atoms. The van der Waals surface area contributed by atoms with Crippen LogP contribution in [0.3, 0.4) is 0 Å². The molecular formula is C22H44N2O3P+. The van der Waals surface area contributed by atoms with Gasteiger partial charge in [-0.3, -0.25) is 4.57 Å². The Morgan fingerprint density at radius 3 is 1.79 bits per heavy atom. The van der Waals surface area contributed by atoms with E-state index >= 15 is 0 Å². The third-order valence-corrected chi connectivity index (χ3v) is 6.28. The maximum absolute atomic E-state index is 10.9. The van der Waals surface area contributed by atoms with Crippen LogP contribution in [-0.2, 0) is 17.7 Å². The average molecular weight is 416 g/mol. The number of hydrogen-bond acceptors (Lipinski definition) is 1. The minimum atomic E-state index is -3.86. The predicted octanol–water partition coefficient (Wildman–Crippen LogP) is 5.82. The quantitative estimate of drug-likeness (QED) is 0.170. The van der Waals surface area contributed by atoms with Crippen LogP contribution < -0.4 is 4.57 Å². The maximum atomic E-state index is 10.9. The van der Waals surface area contributed by atoms with Gasteiger partial charge in [0.25, 0.3) is 0 Å². The van der Waals surface area contributed by atoms with Gasteiger partial charge in [0.05, 0.1) is 19.3 Å². The molecule has 0 aliphatic carbocycles. The molecule has 0 aliphatic rings. The van der Waals surface area contributed by atoms with Gasteiger partial charge >= 0.3 is 7.60 Å². The Labute approximate surface area is 172 Å². The van der Waals surface area contributed by atoms with Crippen molar-refractivity contribution in [2.24, 2.45) is 0 Å². The lowest BCUT2D eigenvalue weighted by atomic mass is 10.0. The Hall–Kier alpha value is -0.640. The summed E-state index contributed by atoms with van der Waals surface area (Å²) in [5, 5.41) is 0. The van der Waals surface area contributed by atoms with Gasteiger partial charge in [-0.2, -0.15) is 0 Å². The number of aryl methyl sites for hydroxylation is 2. The van der Waals surface area contributed by atoms with Crippen LogP contribution >= 0.6 is 7.60 Å². The Kier molecular flexibility index (Phi) is 14.7. The van der Waals surface area contributed by atoms with E-state index in [9.17, 15) is 4.57 Å². The fourth-order valence-corrected chi connectivity index (χ4v) is 4.20. The summed E-state index contributed by atoms with van der Waals surface area (Å²) in [6, 6.07) is 0. The molecule has 5 nitrogen and oxygen atoms in total. The Morgan fingerprint density at radius 1 is 0.786 bits per heavy atom. The number of aromatic nitrogens is 2. The zero-order valence-corrected chi connectivity index (χ0v) is 19.0. The number of hydrogen-bond donors (Lipinski definition) is 2. The minimum Gasteiger partial charge on any atom is -0.324 e. The normalized spacial score (nSPS) is 12.0. The molecule has 1 heterocycles. The van der Waals surface area contributed by atoms with Crippen molar-refractivity contribution in [1.82, 2.24) is 4.57 Å². The predicted molar refractivity (Wildman–Crippen MR) is 116 cm³/mol. The number of nitrogens with zero attached hydrogens (tertiary/aromatic N) is 2. The molecule has 0 saturated heterocycles. The third kappa shape index (κ3) is 15.3. The van der Waals surface area contributed by atoms with E-state index in [1.807, 2.05) is 17.1 Å². The summed E-state index contributed by atoms with van der Waals surface area (Å²) in [7, 11) is -3.86. The molecule has 0 bridgehead atoms. The van der Waals surface area contributed by atoms with Crippen LogP contribution in [0.25, 0.3) is 0 Å². The van der Waals surface area contributed by atoms with Crippen molar-refractivity contribution in [2.75, 3.05) is 6.16 Å². The first-order chi connectivity index (χ1) is 13.5. The fourth-order valence-electron chi connectivity index (χ4n) is 3.65. The first-order valence-corrected chi connectivity index (χ1v) is 13.4. The molecule has 1 rings (SSSR count). The van der Waals surface area contributed by atoms with Crippen LogP contribution in [-0.4, -0.2) is 20.5 Å². The van der Waals surface area contributed by atoms with Gasteiger partial charge in [0.15, 0.2) is 0 Å². The highest BCUT2D eigenvalue weighted by atomic mass is 31.2. The Morgan fingerprint density at radius 2 is 1.29 bits per heavy atom. The van der Waals surface area contributed by atoms with Gasteiger partial charge in [-0.15, -0.1) is 0 Å². The van der Waals surface area contributed by atoms with Gasteiger partial charge in [0.2, 0.25) is 6.33 Å². The van der Waals surface area contributed by atoms with Gasteiger partial charge in [-0.1, -0.05) is 84.0 Å². The molecule has 0 fully saturated rings. The lowest BCUT2D eigenvalue weighted by molar-refractivity contribution is -0.696. The summed E-state index contributed by atoms with van der Waals surface area (Å²) in [6.45, 7) is 3.97. The molecule has 0 aliphatic heterocycles. The number of rotatable bonds is 19. The third-order valence-electron chi connectivity index (χ3n) is 5.38. The zero-order chi connectivity index (χ0) is 20.5. The Balaban J connectivity index is 1.88. The van der Waals surface area contributed by atoms with E-state index in [1.54, 1.807) is 0 Å². The summed E-state index contributed by atoms with van der Waals surface area (Å²) in [4.78, 5) is 17.8. The topological polar surface area (TPSA) is 66.3 Å². The summed E-state index contributed by atoms with van der Waals surface area (Å²) in [5.74, 6) is 0. The van der Waals surface area contributed by atoms with E-state index < -0.39 is 7.60 Å². The van der Waals surface area contributed by atoms with Gasteiger partial charge in [-0.25, -0.2) is 9.13 Å². The van der Waals surface area contributed by atoms with Crippen molar-refractivity contribution < 1.29 is 18.9 Å². The molecule has 0 amide bonds. The van der Waals surface area contributed by atoms with Crippen molar-refractivity contribution in [1.29, 1.82) is 0 Å². The van der Waals surface area contributed by atoms with E-state index in [-0.39, 0.29) is 6.16 Å². The van der Waals surface area contributed by atoms with Gasteiger partial charge in [0.1, 0.15) is 12.4 Å². The summed E-state index contributed by atoms with van der Waals surface area (Å²) >= 11 is 0. The largest absolute Gasteiger partial charge is 0.325 e. The van der Waals surface area contributed by atoms with Crippen LogP contribution in [0.2, 0.25) is 0 Å². The molecular weight excluding hydrogens is 371 g/mol. The van der Waals surface area contributed by atoms with E-state index in [0.717, 1.165) is 6.54 Å². The molecule has 0 spiro atoms. The van der Waals surface area contributed by atoms with Crippen LogP contribution in [0.5, 0.6) is 0 Å². The van der Waals surface area contributed by atoms with E-state index in [2.05, 4.69) is 17.7 Å². The highest BCUT2D eigenvalue weighted by Gasteiger charge is 2.13. The molecule has 6 heteroatoms. The van der Waals surface area contributed by atoms with Crippen LogP contribution in [0.15, 0.2) is 18.7 Å². The summed E-state index contributed by atoms with van der Waals surface area (Å²) in [6.07, 6.45) is 25.9. The van der Waals surface area contributed by atoms with Gasteiger partial charge < -0.3 is 9.79 Å². The first kappa shape index (κ1) is 25.4. The highest BCUT2D eigenvalue weighted by molar-refractivity contribution is 7.51. The average Bonchev–Trinajstić information content (AvgIpc) is 3.08. The van der Waals surface area contributed by atoms with E-state index in [0.29, 0.717) is 13.0 Å². The molecule has 0 saturated carbocycles. The van der Waals surface area contributed by atoms with E-state index in [1.165, 1.54) is 89.9 Å².